The van der Waals surface area contributed by atoms with Crippen molar-refractivity contribution in [3.05, 3.63) is 124 Å². The fourth-order valence-electron chi connectivity index (χ4n) is 5.88. The normalized spacial score (nSPS) is 16.9. The standard InChI is InChI=1S/C32H26FN7O3/c33-22-16-26-29(35-18-22)39(25-7-3-5-20(15-25)21-6-4-13-34-17-21)32(43)40(31(26)42)24-11-9-23(10-12-24)36-30(41)27-19-38-14-2-1-8-28(38)37-27/h1-8,13-19,23-24H,9-12H2,(H,36,41). The molecule has 0 bridgehead atoms. The first kappa shape index (κ1) is 26.4. The Balaban J connectivity index is 1.20. The quantitative estimate of drug-likeness (QED) is 0.328. The molecule has 1 saturated carbocycles. The van der Waals surface area contributed by atoms with E-state index in [1.165, 1.54) is 9.13 Å². The Morgan fingerprint density at radius 3 is 2.56 bits per heavy atom. The summed E-state index contributed by atoms with van der Waals surface area (Å²) in [6.45, 7) is 0. The van der Waals surface area contributed by atoms with E-state index in [1.54, 1.807) is 29.1 Å². The van der Waals surface area contributed by atoms with Crippen LogP contribution in [-0.2, 0) is 0 Å². The Morgan fingerprint density at radius 2 is 1.77 bits per heavy atom. The molecule has 11 heteroatoms. The number of hydrogen-bond donors (Lipinski definition) is 1. The van der Waals surface area contributed by atoms with Gasteiger partial charge in [0.05, 0.1) is 17.3 Å². The summed E-state index contributed by atoms with van der Waals surface area (Å²) in [5, 5.41) is 3.07. The Labute approximate surface area is 244 Å². The molecule has 43 heavy (non-hydrogen) atoms. The molecule has 1 aromatic carbocycles. The van der Waals surface area contributed by atoms with Crippen molar-refractivity contribution < 1.29 is 9.18 Å². The molecule has 0 aliphatic heterocycles. The first-order chi connectivity index (χ1) is 21.0. The number of aromatic nitrogens is 6. The van der Waals surface area contributed by atoms with Gasteiger partial charge in [0.25, 0.3) is 11.5 Å². The molecule has 0 atom stereocenters. The summed E-state index contributed by atoms with van der Waals surface area (Å²) in [6, 6.07) is 17.1. The number of hydrogen-bond acceptors (Lipinski definition) is 6. The van der Waals surface area contributed by atoms with Crippen LogP contribution in [0.4, 0.5) is 4.39 Å². The van der Waals surface area contributed by atoms with E-state index >= 15 is 0 Å². The highest BCUT2D eigenvalue weighted by atomic mass is 19.1. The maximum Gasteiger partial charge on any atom is 0.337 e. The lowest BCUT2D eigenvalue weighted by molar-refractivity contribution is 0.0917. The van der Waals surface area contributed by atoms with Crippen LogP contribution in [0.2, 0.25) is 0 Å². The maximum atomic E-state index is 14.3. The molecule has 1 aliphatic carbocycles. The van der Waals surface area contributed by atoms with Crippen molar-refractivity contribution in [3.63, 3.8) is 0 Å². The zero-order valence-electron chi connectivity index (χ0n) is 22.9. The van der Waals surface area contributed by atoms with Crippen LogP contribution in [0.5, 0.6) is 0 Å². The monoisotopic (exact) mass is 575 g/mol. The highest BCUT2D eigenvalue weighted by Crippen LogP contribution is 2.28. The molecule has 5 heterocycles. The SMILES string of the molecule is O=C(NC1CCC(n2c(=O)c3cc(F)cnc3n(-c3cccc(-c4cccnc4)c3)c2=O)CC1)c1cn2ccccc2n1. The fourth-order valence-corrected chi connectivity index (χ4v) is 5.88. The number of fused-ring (bicyclic) bond motifs is 2. The lowest BCUT2D eigenvalue weighted by atomic mass is 9.90. The van der Waals surface area contributed by atoms with Gasteiger partial charge in [0.15, 0.2) is 5.65 Å². The van der Waals surface area contributed by atoms with Gasteiger partial charge in [-0.1, -0.05) is 24.3 Å². The molecule has 10 nitrogen and oxygen atoms in total. The lowest BCUT2D eigenvalue weighted by Crippen LogP contribution is -2.45. The Kier molecular flexibility index (Phi) is 6.61. The van der Waals surface area contributed by atoms with E-state index in [2.05, 4.69) is 20.3 Å². The number of nitrogens with one attached hydrogen (secondary N) is 1. The van der Waals surface area contributed by atoms with Crippen molar-refractivity contribution >= 4 is 22.6 Å². The van der Waals surface area contributed by atoms with Crippen LogP contribution in [-0.4, -0.2) is 40.4 Å². The average Bonchev–Trinajstić information content (AvgIpc) is 3.48. The molecule has 1 N–H and O–H groups in total. The van der Waals surface area contributed by atoms with E-state index in [-0.39, 0.29) is 23.0 Å². The van der Waals surface area contributed by atoms with Crippen LogP contribution in [0.25, 0.3) is 33.5 Å². The summed E-state index contributed by atoms with van der Waals surface area (Å²) in [4.78, 5) is 53.4. The molecule has 0 unspecified atom stereocenters. The largest absolute Gasteiger partial charge is 0.348 e. The van der Waals surface area contributed by atoms with Gasteiger partial charge in [0.2, 0.25) is 0 Å². The first-order valence-corrected chi connectivity index (χ1v) is 14.0. The summed E-state index contributed by atoms with van der Waals surface area (Å²) in [5.74, 6) is -0.934. The smallest absolute Gasteiger partial charge is 0.337 e. The van der Waals surface area contributed by atoms with Crippen molar-refractivity contribution in [2.24, 2.45) is 0 Å². The second-order valence-corrected chi connectivity index (χ2v) is 10.7. The van der Waals surface area contributed by atoms with Crippen LogP contribution in [0.15, 0.2) is 101 Å². The molecule has 214 valence electrons. The van der Waals surface area contributed by atoms with Gasteiger partial charge in [-0.3, -0.25) is 19.1 Å². The number of carbonyl (C=O) groups is 1. The molecule has 1 amide bonds. The Hall–Kier alpha value is -5.45. The number of benzene rings is 1. The number of amides is 1. The zero-order chi connectivity index (χ0) is 29.5. The van der Waals surface area contributed by atoms with Crippen molar-refractivity contribution in [1.82, 2.24) is 33.8 Å². The van der Waals surface area contributed by atoms with Gasteiger partial charge in [-0.15, -0.1) is 0 Å². The van der Waals surface area contributed by atoms with Gasteiger partial charge in [-0.25, -0.2) is 23.7 Å². The summed E-state index contributed by atoms with van der Waals surface area (Å²) in [6.07, 6.45) is 10.0. The number of rotatable bonds is 5. The highest BCUT2D eigenvalue weighted by Gasteiger charge is 2.28. The average molecular weight is 576 g/mol. The van der Waals surface area contributed by atoms with Gasteiger partial charge < -0.3 is 9.72 Å². The van der Waals surface area contributed by atoms with Gasteiger partial charge >= 0.3 is 5.69 Å². The predicted molar refractivity (Wildman–Crippen MR) is 159 cm³/mol. The topological polar surface area (TPSA) is 116 Å². The lowest BCUT2D eigenvalue weighted by Gasteiger charge is -2.30. The first-order valence-electron chi connectivity index (χ1n) is 14.0. The number of nitrogens with zero attached hydrogens (tertiary/aromatic N) is 6. The zero-order valence-corrected chi connectivity index (χ0v) is 22.9. The maximum absolute atomic E-state index is 14.3. The van der Waals surface area contributed by atoms with Crippen LogP contribution >= 0.6 is 0 Å². The minimum atomic E-state index is -0.663. The van der Waals surface area contributed by atoms with Crippen LogP contribution in [0.3, 0.4) is 0 Å². The van der Waals surface area contributed by atoms with Crippen molar-refractivity contribution in [2.45, 2.75) is 37.8 Å². The van der Waals surface area contributed by atoms with Crippen LogP contribution < -0.4 is 16.6 Å². The number of pyridine rings is 3. The number of halogens is 1. The molecule has 1 aliphatic rings. The molecule has 6 aromatic rings. The van der Waals surface area contributed by atoms with E-state index < -0.39 is 23.1 Å². The molecule has 0 spiro atoms. The minimum absolute atomic E-state index is 0.0219. The third kappa shape index (κ3) is 4.88. The van der Waals surface area contributed by atoms with Crippen molar-refractivity contribution in [1.29, 1.82) is 0 Å². The van der Waals surface area contributed by atoms with Crippen LogP contribution in [0.1, 0.15) is 42.2 Å². The summed E-state index contributed by atoms with van der Waals surface area (Å²) >= 11 is 0. The molecule has 0 radical (unpaired) electrons. The second kappa shape index (κ2) is 10.8. The molecule has 0 saturated heterocycles. The van der Waals surface area contributed by atoms with E-state index in [0.29, 0.717) is 42.7 Å². The molecular formula is C32H26FN7O3. The summed E-state index contributed by atoms with van der Waals surface area (Å²) < 4.78 is 18.7. The number of carbonyl (C=O) groups excluding carboxylic acids is 1. The van der Waals surface area contributed by atoms with Gasteiger partial charge in [0, 0.05) is 42.4 Å². The number of imidazole rings is 1. The Bertz CT molecular complexity index is 2080. The molecular weight excluding hydrogens is 549 g/mol. The van der Waals surface area contributed by atoms with E-state index in [1.807, 2.05) is 54.7 Å². The molecule has 1 fully saturated rings. The summed E-state index contributed by atoms with van der Waals surface area (Å²) in [7, 11) is 0. The Morgan fingerprint density at radius 1 is 0.930 bits per heavy atom. The van der Waals surface area contributed by atoms with Crippen molar-refractivity contribution in [3.8, 4) is 16.8 Å². The third-order valence-electron chi connectivity index (χ3n) is 7.98. The van der Waals surface area contributed by atoms with Gasteiger partial charge in [0.1, 0.15) is 17.2 Å². The third-order valence-corrected chi connectivity index (χ3v) is 7.98. The van der Waals surface area contributed by atoms with E-state index in [9.17, 15) is 18.8 Å². The predicted octanol–water partition coefficient (Wildman–Crippen LogP) is 4.31. The van der Waals surface area contributed by atoms with Gasteiger partial charge in [-0.05, 0) is 67.6 Å². The summed E-state index contributed by atoms with van der Waals surface area (Å²) in [5.41, 5.74) is 2.15. The highest BCUT2D eigenvalue weighted by molar-refractivity contribution is 5.93. The molecule has 7 rings (SSSR count). The minimum Gasteiger partial charge on any atom is -0.348 e. The van der Waals surface area contributed by atoms with Crippen LogP contribution in [0, 0.1) is 5.82 Å². The fraction of sp³-hybridized carbons (Fsp3) is 0.188. The van der Waals surface area contributed by atoms with Gasteiger partial charge in [-0.2, -0.15) is 0 Å². The second-order valence-electron chi connectivity index (χ2n) is 10.7. The van der Waals surface area contributed by atoms with E-state index in [0.717, 1.165) is 23.4 Å². The van der Waals surface area contributed by atoms with E-state index in [4.69, 9.17) is 0 Å². The molecule has 5 aromatic heterocycles. The van der Waals surface area contributed by atoms with Crippen molar-refractivity contribution in [2.75, 3.05) is 0 Å².